The molecule has 0 saturated carbocycles. The highest BCUT2D eigenvalue weighted by molar-refractivity contribution is 6.31. The standard InChI is InChI=1S/C26H22ClFN4O/c27-19-4-5-23-17(9-19)10-24(30-23)22-11-29-12-25-21(22)6-7-32(25)26(33)18-14-31(15-18)13-16-2-1-3-20(28)8-16/h1-5,8-12,18,30H,6-7,13-15H2. The fourth-order valence-corrected chi connectivity index (χ4v) is 5.17. The zero-order valence-electron chi connectivity index (χ0n) is 17.9. The highest BCUT2D eigenvalue weighted by Crippen LogP contribution is 2.37. The average Bonchev–Trinajstić information content (AvgIpc) is 3.39. The molecule has 2 aromatic carbocycles. The van der Waals surface area contributed by atoms with Gasteiger partial charge >= 0.3 is 0 Å². The molecule has 0 unspecified atom stereocenters. The lowest BCUT2D eigenvalue weighted by Crippen LogP contribution is -2.53. The summed E-state index contributed by atoms with van der Waals surface area (Å²) in [5.74, 6) is -0.120. The summed E-state index contributed by atoms with van der Waals surface area (Å²) in [5.41, 5.74) is 6.00. The van der Waals surface area contributed by atoms with Gasteiger partial charge in [-0.15, -0.1) is 0 Å². The summed E-state index contributed by atoms with van der Waals surface area (Å²) in [4.78, 5) is 25.2. The van der Waals surface area contributed by atoms with Crippen LogP contribution in [0.5, 0.6) is 0 Å². The largest absolute Gasteiger partial charge is 0.354 e. The summed E-state index contributed by atoms with van der Waals surface area (Å²) in [6.07, 6.45) is 4.46. The van der Waals surface area contributed by atoms with E-state index in [0.717, 1.165) is 45.4 Å². The van der Waals surface area contributed by atoms with Gasteiger partial charge in [0, 0.05) is 59.6 Å². The smallest absolute Gasteiger partial charge is 0.232 e. The molecule has 0 aliphatic carbocycles. The Morgan fingerprint density at radius 3 is 2.88 bits per heavy atom. The van der Waals surface area contributed by atoms with Crippen molar-refractivity contribution in [2.75, 3.05) is 24.5 Å². The molecule has 7 heteroatoms. The van der Waals surface area contributed by atoms with E-state index in [0.29, 0.717) is 31.2 Å². The highest BCUT2D eigenvalue weighted by Gasteiger charge is 2.38. The molecule has 1 N–H and O–H groups in total. The number of H-pyrrole nitrogens is 1. The van der Waals surface area contributed by atoms with Crippen LogP contribution in [0.25, 0.3) is 22.2 Å². The summed E-state index contributed by atoms with van der Waals surface area (Å²) >= 11 is 6.14. The number of aromatic nitrogens is 2. The maximum Gasteiger partial charge on any atom is 0.232 e. The van der Waals surface area contributed by atoms with Crippen LogP contribution in [0.2, 0.25) is 5.02 Å². The lowest BCUT2D eigenvalue weighted by molar-refractivity contribution is -0.127. The van der Waals surface area contributed by atoms with Crippen LogP contribution < -0.4 is 4.90 Å². The van der Waals surface area contributed by atoms with E-state index in [1.54, 1.807) is 18.3 Å². The lowest BCUT2D eigenvalue weighted by Gasteiger charge is -2.40. The normalized spacial score (nSPS) is 16.2. The van der Waals surface area contributed by atoms with E-state index in [4.69, 9.17) is 11.6 Å². The van der Waals surface area contributed by atoms with Gasteiger partial charge in [-0.05, 0) is 53.9 Å². The van der Waals surface area contributed by atoms with Crippen LogP contribution >= 0.6 is 11.6 Å². The summed E-state index contributed by atoms with van der Waals surface area (Å²) in [6.45, 7) is 2.71. The summed E-state index contributed by atoms with van der Waals surface area (Å²) in [5, 5.41) is 1.75. The SMILES string of the molecule is O=C(C1CN(Cc2cccc(F)c2)C1)N1CCc2c(-c3cc4cc(Cl)ccc4[nH]3)cncc21. The molecule has 2 aromatic heterocycles. The van der Waals surface area contributed by atoms with Crippen molar-refractivity contribution in [2.24, 2.45) is 5.92 Å². The number of pyridine rings is 1. The molecule has 33 heavy (non-hydrogen) atoms. The van der Waals surface area contributed by atoms with E-state index < -0.39 is 0 Å². The van der Waals surface area contributed by atoms with Gasteiger partial charge < -0.3 is 9.88 Å². The first-order valence-corrected chi connectivity index (χ1v) is 11.5. The van der Waals surface area contributed by atoms with Gasteiger partial charge in [0.25, 0.3) is 0 Å². The molecule has 2 aliphatic rings. The molecule has 5 nitrogen and oxygen atoms in total. The number of anilines is 1. The molecule has 1 saturated heterocycles. The van der Waals surface area contributed by atoms with Gasteiger partial charge in [0.2, 0.25) is 5.91 Å². The molecule has 0 atom stereocenters. The van der Waals surface area contributed by atoms with Crippen LogP contribution in [0.15, 0.2) is 60.9 Å². The minimum atomic E-state index is -0.226. The van der Waals surface area contributed by atoms with Crippen molar-refractivity contribution < 1.29 is 9.18 Å². The van der Waals surface area contributed by atoms with Crippen molar-refractivity contribution in [1.82, 2.24) is 14.9 Å². The summed E-state index contributed by atoms with van der Waals surface area (Å²) in [7, 11) is 0. The van der Waals surface area contributed by atoms with Crippen molar-refractivity contribution >= 4 is 34.1 Å². The number of nitrogens with one attached hydrogen (secondary N) is 1. The predicted octanol–water partition coefficient (Wildman–Crippen LogP) is 5.04. The Kier molecular flexibility index (Phi) is 4.93. The van der Waals surface area contributed by atoms with E-state index in [1.807, 2.05) is 35.4 Å². The third-order valence-electron chi connectivity index (χ3n) is 6.65. The van der Waals surface area contributed by atoms with Gasteiger partial charge in [-0.3, -0.25) is 14.7 Å². The quantitative estimate of drug-likeness (QED) is 0.464. The lowest BCUT2D eigenvalue weighted by atomic mass is 9.97. The number of fused-ring (bicyclic) bond motifs is 2. The van der Waals surface area contributed by atoms with Crippen LogP contribution in [0.4, 0.5) is 10.1 Å². The number of halogens is 2. The number of carbonyl (C=O) groups excluding carboxylic acids is 1. The van der Waals surface area contributed by atoms with Crippen LogP contribution in [-0.2, 0) is 17.8 Å². The summed E-state index contributed by atoms with van der Waals surface area (Å²) < 4.78 is 13.4. The molecule has 4 aromatic rings. The van der Waals surface area contributed by atoms with E-state index in [1.165, 1.54) is 6.07 Å². The Labute approximate surface area is 195 Å². The first kappa shape index (κ1) is 20.4. The van der Waals surface area contributed by atoms with Crippen LogP contribution in [-0.4, -0.2) is 40.4 Å². The van der Waals surface area contributed by atoms with Crippen LogP contribution in [0.3, 0.4) is 0 Å². The summed E-state index contributed by atoms with van der Waals surface area (Å²) in [6, 6.07) is 14.5. The van der Waals surface area contributed by atoms with Gasteiger partial charge in [-0.2, -0.15) is 0 Å². The van der Waals surface area contributed by atoms with Gasteiger partial charge in [-0.1, -0.05) is 23.7 Å². The first-order valence-electron chi connectivity index (χ1n) is 11.1. The van der Waals surface area contributed by atoms with Crippen molar-refractivity contribution in [1.29, 1.82) is 0 Å². The fourth-order valence-electron chi connectivity index (χ4n) is 4.99. The number of nitrogens with zero attached hydrogens (tertiary/aromatic N) is 3. The van der Waals surface area contributed by atoms with Gasteiger partial charge in [0.1, 0.15) is 5.82 Å². The maximum absolute atomic E-state index is 13.4. The second-order valence-corrected chi connectivity index (χ2v) is 9.30. The van der Waals surface area contributed by atoms with Crippen molar-refractivity contribution in [2.45, 2.75) is 13.0 Å². The molecule has 0 radical (unpaired) electrons. The van der Waals surface area contributed by atoms with Crippen LogP contribution in [0.1, 0.15) is 11.1 Å². The van der Waals surface area contributed by atoms with Crippen molar-refractivity contribution in [3.05, 3.63) is 82.9 Å². The van der Waals surface area contributed by atoms with E-state index in [2.05, 4.69) is 20.9 Å². The Morgan fingerprint density at radius 1 is 1.15 bits per heavy atom. The number of benzene rings is 2. The second kappa shape index (κ2) is 7.97. The topological polar surface area (TPSA) is 52.2 Å². The number of likely N-dealkylation sites (tertiary alicyclic amines) is 1. The van der Waals surface area contributed by atoms with Crippen LogP contribution in [0, 0.1) is 11.7 Å². The molecule has 1 amide bonds. The van der Waals surface area contributed by atoms with Crippen molar-refractivity contribution in [3.63, 3.8) is 0 Å². The molecule has 6 rings (SSSR count). The number of hydrogen-bond donors (Lipinski definition) is 1. The number of rotatable bonds is 4. The number of carbonyl (C=O) groups is 1. The minimum Gasteiger partial charge on any atom is -0.354 e. The molecule has 166 valence electrons. The van der Waals surface area contributed by atoms with Gasteiger partial charge in [-0.25, -0.2) is 4.39 Å². The third kappa shape index (κ3) is 3.69. The van der Waals surface area contributed by atoms with Gasteiger partial charge in [0.15, 0.2) is 0 Å². The molecular formula is C26H22ClFN4O. The Hall–Kier alpha value is -3.22. The molecule has 4 heterocycles. The average molecular weight is 461 g/mol. The number of amides is 1. The first-order chi connectivity index (χ1) is 16.0. The van der Waals surface area contributed by atoms with Crippen molar-refractivity contribution in [3.8, 4) is 11.3 Å². The van der Waals surface area contributed by atoms with E-state index >= 15 is 0 Å². The molecule has 0 spiro atoms. The minimum absolute atomic E-state index is 0.0385. The monoisotopic (exact) mass is 460 g/mol. The number of aromatic amines is 1. The third-order valence-corrected chi connectivity index (χ3v) is 6.89. The molecule has 2 aliphatic heterocycles. The molecule has 1 fully saturated rings. The Morgan fingerprint density at radius 2 is 2.03 bits per heavy atom. The fraction of sp³-hybridized carbons (Fsp3) is 0.231. The molecular weight excluding hydrogens is 439 g/mol. The zero-order chi connectivity index (χ0) is 22.5. The maximum atomic E-state index is 13.4. The van der Waals surface area contributed by atoms with E-state index in [-0.39, 0.29) is 17.6 Å². The predicted molar refractivity (Wildman–Crippen MR) is 128 cm³/mol. The van der Waals surface area contributed by atoms with E-state index in [9.17, 15) is 9.18 Å². The second-order valence-electron chi connectivity index (χ2n) is 8.86. The number of hydrogen-bond acceptors (Lipinski definition) is 3. The molecule has 0 bridgehead atoms. The highest BCUT2D eigenvalue weighted by atomic mass is 35.5. The zero-order valence-corrected chi connectivity index (χ0v) is 18.6. The Bertz CT molecular complexity index is 1380. The van der Waals surface area contributed by atoms with Gasteiger partial charge in [0.05, 0.1) is 17.8 Å². The Balaban J connectivity index is 1.19.